The maximum absolute atomic E-state index is 12.7. The van der Waals surface area contributed by atoms with Crippen LogP contribution in [0, 0.1) is 11.7 Å². The molecule has 1 saturated heterocycles. The van der Waals surface area contributed by atoms with E-state index in [0.29, 0.717) is 25.4 Å². The molecule has 0 radical (unpaired) electrons. The molecule has 1 aliphatic rings. The Bertz CT molecular complexity index is 421. The van der Waals surface area contributed by atoms with Crippen molar-refractivity contribution < 1.29 is 19.0 Å². The molecule has 1 aromatic carbocycles. The topological polar surface area (TPSA) is 49.8 Å². The fourth-order valence-corrected chi connectivity index (χ4v) is 2.27. The number of amides is 1. The number of halogens is 1. The summed E-state index contributed by atoms with van der Waals surface area (Å²) in [7, 11) is 0. The van der Waals surface area contributed by atoms with E-state index in [1.807, 2.05) is 0 Å². The monoisotopic (exact) mass is 267 g/mol. The number of aliphatic hydroxyl groups is 1. The summed E-state index contributed by atoms with van der Waals surface area (Å²) < 4.78 is 18.3. The third kappa shape index (κ3) is 3.92. The first-order valence-electron chi connectivity index (χ1n) is 6.46. The van der Waals surface area contributed by atoms with Crippen molar-refractivity contribution >= 4 is 5.91 Å². The van der Waals surface area contributed by atoms with Gasteiger partial charge in [0, 0.05) is 19.0 Å². The van der Waals surface area contributed by atoms with Gasteiger partial charge in [0.05, 0.1) is 6.61 Å². The number of carbonyl (C=O) groups excluding carboxylic acids is 1. The fourth-order valence-electron chi connectivity index (χ4n) is 2.27. The molecule has 0 aliphatic carbocycles. The smallest absolute Gasteiger partial charge is 0.248 e. The number of aliphatic hydroxyl groups excluding tert-OH is 1. The van der Waals surface area contributed by atoms with E-state index in [1.165, 1.54) is 12.1 Å². The van der Waals surface area contributed by atoms with Gasteiger partial charge in [0.15, 0.2) is 0 Å². The van der Waals surface area contributed by atoms with Gasteiger partial charge in [-0.1, -0.05) is 0 Å². The average molecular weight is 267 g/mol. The van der Waals surface area contributed by atoms with Crippen LogP contribution in [0.15, 0.2) is 24.3 Å². The van der Waals surface area contributed by atoms with Crippen molar-refractivity contribution in [2.45, 2.75) is 12.8 Å². The molecule has 19 heavy (non-hydrogen) atoms. The minimum Gasteiger partial charge on any atom is -0.493 e. The second kappa shape index (κ2) is 6.52. The lowest BCUT2D eigenvalue weighted by Gasteiger charge is -2.32. The quantitative estimate of drug-likeness (QED) is 0.898. The van der Waals surface area contributed by atoms with Gasteiger partial charge in [-0.25, -0.2) is 4.39 Å². The molecule has 0 saturated carbocycles. The van der Waals surface area contributed by atoms with Gasteiger partial charge in [0.1, 0.15) is 18.2 Å². The molecular formula is C14H18FNO3. The highest BCUT2D eigenvalue weighted by Crippen LogP contribution is 2.19. The Labute approximate surface area is 111 Å². The van der Waals surface area contributed by atoms with Crippen LogP contribution in [0.1, 0.15) is 12.8 Å². The second-order valence-corrected chi connectivity index (χ2v) is 4.77. The fraction of sp³-hybridized carbons (Fsp3) is 0.500. The number of piperidine rings is 1. The Hall–Kier alpha value is -1.62. The van der Waals surface area contributed by atoms with Crippen LogP contribution in [0.25, 0.3) is 0 Å². The second-order valence-electron chi connectivity index (χ2n) is 4.77. The maximum atomic E-state index is 12.7. The molecule has 1 N–H and O–H groups in total. The zero-order valence-corrected chi connectivity index (χ0v) is 10.7. The highest BCUT2D eigenvalue weighted by Gasteiger charge is 2.23. The van der Waals surface area contributed by atoms with E-state index < -0.39 is 6.61 Å². The Morgan fingerprint density at radius 1 is 1.42 bits per heavy atom. The summed E-state index contributed by atoms with van der Waals surface area (Å²) >= 11 is 0. The third-order valence-electron chi connectivity index (χ3n) is 3.31. The van der Waals surface area contributed by atoms with Crippen molar-refractivity contribution in [1.82, 2.24) is 4.90 Å². The summed E-state index contributed by atoms with van der Waals surface area (Å²) in [6, 6.07) is 5.90. The Morgan fingerprint density at radius 2 is 2.16 bits per heavy atom. The van der Waals surface area contributed by atoms with E-state index >= 15 is 0 Å². The van der Waals surface area contributed by atoms with Gasteiger partial charge in [-0.15, -0.1) is 0 Å². The molecular weight excluding hydrogens is 249 g/mol. The van der Waals surface area contributed by atoms with E-state index in [1.54, 1.807) is 17.0 Å². The summed E-state index contributed by atoms with van der Waals surface area (Å²) in [5.41, 5.74) is 0. The largest absolute Gasteiger partial charge is 0.493 e. The van der Waals surface area contributed by atoms with E-state index in [4.69, 9.17) is 9.84 Å². The maximum Gasteiger partial charge on any atom is 0.248 e. The van der Waals surface area contributed by atoms with Gasteiger partial charge in [-0.3, -0.25) is 4.79 Å². The summed E-state index contributed by atoms with van der Waals surface area (Å²) in [4.78, 5) is 13.1. The normalized spacial score (nSPS) is 19.3. The zero-order chi connectivity index (χ0) is 13.7. The van der Waals surface area contributed by atoms with Gasteiger partial charge in [-0.2, -0.15) is 0 Å². The molecule has 104 valence electrons. The van der Waals surface area contributed by atoms with Crippen LogP contribution in [0.3, 0.4) is 0 Å². The lowest BCUT2D eigenvalue weighted by molar-refractivity contribution is -0.136. The van der Waals surface area contributed by atoms with Crippen LogP contribution in [0.2, 0.25) is 0 Å². The van der Waals surface area contributed by atoms with E-state index in [0.717, 1.165) is 12.8 Å². The Morgan fingerprint density at radius 3 is 2.84 bits per heavy atom. The highest BCUT2D eigenvalue weighted by molar-refractivity contribution is 5.77. The van der Waals surface area contributed by atoms with Crippen LogP contribution < -0.4 is 4.74 Å². The molecule has 0 unspecified atom stereocenters. The standard InChI is InChI=1S/C14H18FNO3/c15-12-3-5-13(6-4-12)19-10-11-2-1-7-16(8-11)14(18)9-17/h3-6,11,17H,1-2,7-10H2/t11-/m1/s1. The Kier molecular flexibility index (Phi) is 4.74. The van der Waals surface area contributed by atoms with Crippen molar-refractivity contribution in [3.63, 3.8) is 0 Å². The molecule has 1 aromatic rings. The van der Waals surface area contributed by atoms with Crippen molar-refractivity contribution in [3.05, 3.63) is 30.1 Å². The van der Waals surface area contributed by atoms with Gasteiger partial charge >= 0.3 is 0 Å². The zero-order valence-electron chi connectivity index (χ0n) is 10.7. The molecule has 0 spiro atoms. The van der Waals surface area contributed by atoms with Crippen molar-refractivity contribution in [1.29, 1.82) is 0 Å². The lowest BCUT2D eigenvalue weighted by Crippen LogP contribution is -2.42. The number of likely N-dealkylation sites (tertiary alicyclic amines) is 1. The molecule has 5 heteroatoms. The van der Waals surface area contributed by atoms with Crippen molar-refractivity contribution in [3.8, 4) is 5.75 Å². The predicted octanol–water partition coefficient (Wildman–Crippen LogP) is 1.44. The first-order valence-corrected chi connectivity index (χ1v) is 6.46. The van der Waals surface area contributed by atoms with Crippen molar-refractivity contribution in [2.24, 2.45) is 5.92 Å². The molecule has 0 aromatic heterocycles. The minimum absolute atomic E-state index is 0.230. The number of hydrogen-bond acceptors (Lipinski definition) is 3. The number of benzene rings is 1. The molecule has 1 fully saturated rings. The van der Waals surface area contributed by atoms with Crippen LogP contribution >= 0.6 is 0 Å². The van der Waals surface area contributed by atoms with Crippen LogP contribution in [0.4, 0.5) is 4.39 Å². The van der Waals surface area contributed by atoms with Gasteiger partial charge in [-0.05, 0) is 37.1 Å². The van der Waals surface area contributed by atoms with E-state index in [9.17, 15) is 9.18 Å². The van der Waals surface area contributed by atoms with E-state index in [2.05, 4.69) is 0 Å². The van der Waals surface area contributed by atoms with Crippen LogP contribution in [-0.2, 0) is 4.79 Å². The number of carbonyl (C=O) groups is 1. The van der Waals surface area contributed by atoms with Crippen LogP contribution in [0.5, 0.6) is 5.75 Å². The minimum atomic E-state index is -0.439. The number of ether oxygens (including phenoxy) is 1. The summed E-state index contributed by atoms with van der Waals surface area (Å²) in [5.74, 6) is 0.373. The summed E-state index contributed by atoms with van der Waals surface area (Å²) in [6.45, 7) is 1.37. The predicted molar refractivity (Wildman–Crippen MR) is 68.3 cm³/mol. The molecule has 1 heterocycles. The first kappa shape index (κ1) is 13.8. The molecule has 1 amide bonds. The molecule has 2 rings (SSSR count). The van der Waals surface area contributed by atoms with Gasteiger partial charge in [0.2, 0.25) is 5.91 Å². The molecule has 1 aliphatic heterocycles. The third-order valence-corrected chi connectivity index (χ3v) is 3.31. The highest BCUT2D eigenvalue weighted by atomic mass is 19.1. The number of nitrogens with zero attached hydrogens (tertiary/aromatic N) is 1. The summed E-state index contributed by atoms with van der Waals surface area (Å²) in [6.07, 6.45) is 1.92. The lowest BCUT2D eigenvalue weighted by atomic mass is 9.99. The molecule has 1 atom stereocenters. The first-order chi connectivity index (χ1) is 9.19. The van der Waals surface area contributed by atoms with Gasteiger partial charge in [0.25, 0.3) is 0 Å². The molecule has 0 bridgehead atoms. The summed E-state index contributed by atoms with van der Waals surface area (Å²) in [5, 5.41) is 8.85. The van der Waals surface area contributed by atoms with Crippen molar-refractivity contribution in [2.75, 3.05) is 26.3 Å². The number of rotatable bonds is 4. The number of hydrogen-bond donors (Lipinski definition) is 1. The molecule has 4 nitrogen and oxygen atoms in total. The Balaban J connectivity index is 1.82. The van der Waals surface area contributed by atoms with Gasteiger partial charge < -0.3 is 14.7 Å². The average Bonchev–Trinajstić information content (AvgIpc) is 2.46. The van der Waals surface area contributed by atoms with E-state index in [-0.39, 0.29) is 17.6 Å². The SMILES string of the molecule is O=C(CO)N1CCC[C@@H](COc2ccc(F)cc2)C1. The van der Waals surface area contributed by atoms with Crippen LogP contribution in [-0.4, -0.2) is 42.2 Å².